The Morgan fingerprint density at radius 1 is 1.14 bits per heavy atom. The Labute approximate surface area is 177 Å². The van der Waals surface area contributed by atoms with Crippen LogP contribution in [-0.2, 0) is 21.1 Å². The Morgan fingerprint density at radius 2 is 1.89 bits per heavy atom. The fourth-order valence-corrected chi connectivity index (χ4v) is 7.86. The number of hydrogen-bond acceptors (Lipinski definition) is 4. The summed E-state index contributed by atoms with van der Waals surface area (Å²) in [4.78, 5) is 18.6. The first-order valence-corrected chi connectivity index (χ1v) is 12.0. The van der Waals surface area contributed by atoms with Crippen molar-refractivity contribution in [1.29, 1.82) is 0 Å². The summed E-state index contributed by atoms with van der Waals surface area (Å²) in [5.74, 6) is -0.211. The zero-order valence-corrected chi connectivity index (χ0v) is 17.7. The summed E-state index contributed by atoms with van der Waals surface area (Å²) in [6, 6.07) is 14.1. The average molecular weight is 455 g/mol. The summed E-state index contributed by atoms with van der Waals surface area (Å²) in [7, 11) is -3.14. The lowest BCUT2D eigenvalue weighted by Gasteiger charge is -2.25. The molecular weight excluding hydrogens is 439 g/mol. The molecule has 1 amide bonds. The number of amidine groups is 1. The lowest BCUT2D eigenvalue weighted by Crippen LogP contribution is -2.38. The van der Waals surface area contributed by atoms with Crippen LogP contribution in [0.1, 0.15) is 5.56 Å². The van der Waals surface area contributed by atoms with Gasteiger partial charge < -0.3 is 4.90 Å². The number of benzene rings is 2. The number of rotatable bonds is 3. The molecular formula is C19H16Cl2N2O3S2. The van der Waals surface area contributed by atoms with Crippen molar-refractivity contribution in [2.24, 2.45) is 4.99 Å². The number of nitrogens with zero attached hydrogens (tertiary/aromatic N) is 2. The molecule has 28 heavy (non-hydrogen) atoms. The van der Waals surface area contributed by atoms with Crippen molar-refractivity contribution in [3.05, 3.63) is 64.1 Å². The second-order valence-electron chi connectivity index (χ2n) is 6.72. The molecule has 5 nitrogen and oxygen atoms in total. The molecule has 2 aromatic rings. The summed E-state index contributed by atoms with van der Waals surface area (Å²) in [6.45, 7) is 0. The van der Waals surface area contributed by atoms with E-state index < -0.39 is 9.84 Å². The first-order chi connectivity index (χ1) is 13.3. The number of carbonyl (C=O) groups is 1. The van der Waals surface area contributed by atoms with Gasteiger partial charge in [0.1, 0.15) is 0 Å². The van der Waals surface area contributed by atoms with Crippen LogP contribution in [0.15, 0.2) is 53.5 Å². The quantitative estimate of drug-likeness (QED) is 0.704. The van der Waals surface area contributed by atoms with Crippen molar-refractivity contribution in [1.82, 2.24) is 0 Å². The van der Waals surface area contributed by atoms with Crippen LogP contribution in [-0.4, -0.2) is 42.3 Å². The van der Waals surface area contributed by atoms with Crippen LogP contribution in [0.4, 0.5) is 5.69 Å². The molecule has 4 rings (SSSR count). The molecule has 9 heteroatoms. The van der Waals surface area contributed by atoms with E-state index in [-0.39, 0.29) is 35.1 Å². The summed E-state index contributed by atoms with van der Waals surface area (Å²) < 4.78 is 24.3. The van der Waals surface area contributed by atoms with Gasteiger partial charge in [0, 0.05) is 10.3 Å². The second kappa shape index (κ2) is 7.71. The van der Waals surface area contributed by atoms with E-state index in [1.807, 2.05) is 30.3 Å². The van der Waals surface area contributed by atoms with Crippen LogP contribution in [0.3, 0.4) is 0 Å². The molecule has 2 atom stereocenters. The summed E-state index contributed by atoms with van der Waals surface area (Å²) >= 11 is 13.7. The molecule has 0 unspecified atom stereocenters. The highest BCUT2D eigenvalue weighted by Crippen LogP contribution is 2.43. The van der Waals surface area contributed by atoms with Crippen LogP contribution in [0.5, 0.6) is 0 Å². The molecule has 2 fully saturated rings. The lowest BCUT2D eigenvalue weighted by molar-refractivity contribution is -0.117. The summed E-state index contributed by atoms with van der Waals surface area (Å²) in [5, 5.41) is 1.17. The maximum absolute atomic E-state index is 12.5. The van der Waals surface area contributed by atoms with E-state index in [0.717, 1.165) is 5.56 Å². The van der Waals surface area contributed by atoms with E-state index in [1.165, 1.54) is 11.8 Å². The van der Waals surface area contributed by atoms with Crippen molar-refractivity contribution in [2.75, 3.05) is 16.4 Å². The fraction of sp³-hybridized carbons (Fsp3) is 0.263. The largest absolute Gasteiger partial charge is 0.314 e. The number of anilines is 1. The third kappa shape index (κ3) is 4.08. The van der Waals surface area contributed by atoms with E-state index in [1.54, 1.807) is 23.1 Å². The van der Waals surface area contributed by atoms with Gasteiger partial charge in [-0.2, -0.15) is 4.99 Å². The van der Waals surface area contributed by atoms with E-state index in [2.05, 4.69) is 4.99 Å². The van der Waals surface area contributed by atoms with Gasteiger partial charge in [-0.15, -0.1) is 0 Å². The second-order valence-corrected chi connectivity index (χ2v) is 10.9. The number of hydrogen-bond donors (Lipinski definition) is 0. The van der Waals surface area contributed by atoms with Crippen LogP contribution in [0, 0.1) is 0 Å². The number of amides is 1. The smallest absolute Gasteiger partial charge is 0.252 e. The molecule has 0 N–H and O–H groups in total. The number of aliphatic imine (C=N–C) groups is 1. The standard InChI is InChI=1S/C19H16Cl2N2O3S2/c20-13-6-7-15(14(21)9-13)23-16-10-28(25,26)11-17(16)27-19(23)22-18(24)8-12-4-2-1-3-5-12/h1-7,9,16-17H,8,10-11H2/t16-,17+/m0/s1. The topological polar surface area (TPSA) is 66.8 Å². The number of sulfone groups is 1. The Hall–Kier alpha value is -1.54. The van der Waals surface area contributed by atoms with Crippen molar-refractivity contribution in [2.45, 2.75) is 17.7 Å². The zero-order valence-electron chi connectivity index (χ0n) is 14.6. The van der Waals surface area contributed by atoms with Crippen molar-refractivity contribution in [3.8, 4) is 0 Å². The van der Waals surface area contributed by atoms with Gasteiger partial charge in [0.2, 0.25) is 0 Å². The van der Waals surface area contributed by atoms with Crippen LogP contribution in [0.25, 0.3) is 0 Å². The van der Waals surface area contributed by atoms with Crippen molar-refractivity contribution < 1.29 is 13.2 Å². The Bertz CT molecular complexity index is 1060. The van der Waals surface area contributed by atoms with Crippen molar-refractivity contribution in [3.63, 3.8) is 0 Å². The maximum atomic E-state index is 12.5. The monoisotopic (exact) mass is 454 g/mol. The average Bonchev–Trinajstić information content (AvgIpc) is 3.07. The predicted molar refractivity (Wildman–Crippen MR) is 115 cm³/mol. The van der Waals surface area contributed by atoms with Gasteiger partial charge in [0.05, 0.1) is 34.7 Å². The highest BCUT2D eigenvalue weighted by atomic mass is 35.5. The van der Waals surface area contributed by atoms with E-state index in [0.29, 0.717) is 20.9 Å². The zero-order chi connectivity index (χ0) is 19.9. The predicted octanol–water partition coefficient (Wildman–Crippen LogP) is 3.84. The van der Waals surface area contributed by atoms with Gasteiger partial charge in [-0.05, 0) is 23.8 Å². The molecule has 2 aliphatic heterocycles. The molecule has 2 aromatic carbocycles. The highest BCUT2D eigenvalue weighted by Gasteiger charge is 2.49. The van der Waals surface area contributed by atoms with E-state index in [9.17, 15) is 13.2 Å². The minimum atomic E-state index is -3.14. The normalized spacial score (nSPS) is 24.5. The van der Waals surface area contributed by atoms with Gasteiger partial charge in [0.15, 0.2) is 15.0 Å². The van der Waals surface area contributed by atoms with E-state index in [4.69, 9.17) is 23.2 Å². The number of fused-ring (bicyclic) bond motifs is 1. The Morgan fingerprint density at radius 3 is 2.61 bits per heavy atom. The summed E-state index contributed by atoms with van der Waals surface area (Å²) in [6.07, 6.45) is 0.181. The first kappa shape index (κ1) is 19.8. The van der Waals surface area contributed by atoms with Crippen LogP contribution in [0.2, 0.25) is 10.0 Å². The SMILES string of the molecule is O=C(Cc1ccccc1)N=C1S[C@@H]2CS(=O)(=O)C[C@@H]2N1c1ccc(Cl)cc1Cl. The van der Waals surface area contributed by atoms with Gasteiger partial charge >= 0.3 is 0 Å². The number of halogens is 2. The van der Waals surface area contributed by atoms with E-state index >= 15 is 0 Å². The Balaban J connectivity index is 1.68. The molecule has 0 radical (unpaired) electrons. The third-order valence-corrected chi connectivity index (χ3v) is 8.40. The molecule has 0 aliphatic carbocycles. The Kier molecular flexibility index (Phi) is 5.44. The van der Waals surface area contributed by atoms with Gasteiger partial charge in [0.25, 0.3) is 5.91 Å². The molecule has 2 saturated heterocycles. The molecule has 146 valence electrons. The molecule has 0 bridgehead atoms. The first-order valence-electron chi connectivity index (χ1n) is 8.59. The van der Waals surface area contributed by atoms with Crippen molar-refractivity contribution >= 4 is 61.6 Å². The fourth-order valence-electron chi connectivity index (χ4n) is 3.44. The number of thioether (sulfide) groups is 1. The molecule has 0 aromatic heterocycles. The molecule has 2 heterocycles. The lowest BCUT2D eigenvalue weighted by atomic mass is 10.1. The minimum Gasteiger partial charge on any atom is -0.314 e. The van der Waals surface area contributed by atoms with Gasteiger partial charge in [-0.3, -0.25) is 4.79 Å². The summed E-state index contributed by atoms with van der Waals surface area (Å²) in [5.41, 5.74) is 1.48. The highest BCUT2D eigenvalue weighted by molar-refractivity contribution is 8.16. The van der Waals surface area contributed by atoms with Crippen LogP contribution < -0.4 is 4.90 Å². The molecule has 0 saturated carbocycles. The maximum Gasteiger partial charge on any atom is 0.252 e. The van der Waals surface area contributed by atoms with Gasteiger partial charge in [-0.1, -0.05) is 65.3 Å². The van der Waals surface area contributed by atoms with Crippen LogP contribution >= 0.6 is 35.0 Å². The third-order valence-electron chi connectivity index (χ3n) is 4.65. The number of carbonyl (C=O) groups excluding carboxylic acids is 1. The molecule has 0 spiro atoms. The molecule has 2 aliphatic rings. The van der Waals surface area contributed by atoms with Gasteiger partial charge in [-0.25, -0.2) is 8.42 Å². The minimum absolute atomic E-state index is 0.00944.